The predicted molar refractivity (Wildman–Crippen MR) is 94.5 cm³/mol. The minimum atomic E-state index is -0.358. The number of methoxy groups -OCH3 is 1. The molecule has 0 aliphatic heterocycles. The smallest absolute Gasteiger partial charge is 0.276 e. The van der Waals surface area contributed by atoms with Crippen molar-refractivity contribution in [1.29, 1.82) is 0 Å². The first-order valence-electron chi connectivity index (χ1n) is 7.03. The molecule has 0 unspecified atom stereocenters. The van der Waals surface area contributed by atoms with E-state index in [0.717, 1.165) is 5.69 Å². The number of ether oxygens (including phenoxy) is 1. The SMILES string of the molecule is COc1ccc(NC(=O)c2ccn(-c3cccc(Cl)c3)n2)c(Cl)c1. The lowest BCUT2D eigenvalue weighted by Gasteiger charge is -2.07. The number of halogens is 2. The summed E-state index contributed by atoms with van der Waals surface area (Å²) in [5, 5.41) is 7.97. The standard InChI is InChI=1S/C17H13Cl2N3O2/c1-24-13-5-6-15(14(19)10-13)20-17(23)16-7-8-22(21-16)12-4-2-3-11(18)9-12/h2-10H,1H3,(H,20,23). The lowest BCUT2D eigenvalue weighted by molar-refractivity contribution is 0.102. The molecule has 5 nitrogen and oxygen atoms in total. The highest BCUT2D eigenvalue weighted by Gasteiger charge is 2.13. The van der Waals surface area contributed by atoms with Gasteiger partial charge >= 0.3 is 0 Å². The molecule has 2 aromatic carbocycles. The molecular formula is C17H13Cl2N3O2. The molecule has 0 saturated carbocycles. The Labute approximate surface area is 148 Å². The van der Waals surface area contributed by atoms with Crippen molar-refractivity contribution in [3.05, 3.63) is 70.5 Å². The van der Waals surface area contributed by atoms with Crippen molar-refractivity contribution >= 4 is 34.8 Å². The molecule has 7 heteroatoms. The normalized spacial score (nSPS) is 10.5. The van der Waals surface area contributed by atoms with Crippen molar-refractivity contribution in [2.75, 3.05) is 12.4 Å². The second kappa shape index (κ2) is 6.95. The molecule has 0 bridgehead atoms. The Kier molecular flexibility index (Phi) is 4.74. The Morgan fingerprint density at radius 1 is 1.17 bits per heavy atom. The molecule has 1 aromatic heterocycles. The Balaban J connectivity index is 1.79. The highest BCUT2D eigenvalue weighted by Crippen LogP contribution is 2.27. The topological polar surface area (TPSA) is 56.1 Å². The largest absolute Gasteiger partial charge is 0.497 e. The van der Waals surface area contributed by atoms with E-state index in [-0.39, 0.29) is 11.6 Å². The summed E-state index contributed by atoms with van der Waals surface area (Å²) in [6.07, 6.45) is 1.69. The monoisotopic (exact) mass is 361 g/mol. The van der Waals surface area contributed by atoms with Gasteiger partial charge < -0.3 is 10.1 Å². The van der Waals surface area contributed by atoms with Gasteiger partial charge in [0.25, 0.3) is 5.91 Å². The van der Waals surface area contributed by atoms with E-state index in [2.05, 4.69) is 10.4 Å². The summed E-state index contributed by atoms with van der Waals surface area (Å²) in [5.41, 5.74) is 1.52. The summed E-state index contributed by atoms with van der Waals surface area (Å²) in [6.45, 7) is 0. The van der Waals surface area contributed by atoms with Crippen LogP contribution in [0, 0.1) is 0 Å². The highest BCUT2D eigenvalue weighted by atomic mass is 35.5. The van der Waals surface area contributed by atoms with Crippen LogP contribution in [0.1, 0.15) is 10.5 Å². The molecule has 3 rings (SSSR count). The second-order valence-corrected chi connectivity index (χ2v) is 5.77. The van der Waals surface area contributed by atoms with Gasteiger partial charge in [0.2, 0.25) is 0 Å². The van der Waals surface area contributed by atoms with E-state index >= 15 is 0 Å². The molecule has 122 valence electrons. The van der Waals surface area contributed by atoms with Gasteiger partial charge in [0.05, 0.1) is 23.5 Å². The summed E-state index contributed by atoms with van der Waals surface area (Å²) in [4.78, 5) is 12.3. The van der Waals surface area contributed by atoms with Gasteiger partial charge in [0.1, 0.15) is 5.75 Å². The Morgan fingerprint density at radius 3 is 2.71 bits per heavy atom. The average molecular weight is 362 g/mol. The van der Waals surface area contributed by atoms with Gasteiger partial charge in [-0.1, -0.05) is 29.3 Å². The van der Waals surface area contributed by atoms with Crippen molar-refractivity contribution in [2.45, 2.75) is 0 Å². The maximum absolute atomic E-state index is 12.3. The zero-order valence-electron chi connectivity index (χ0n) is 12.7. The molecule has 0 atom stereocenters. The van der Waals surface area contributed by atoms with Crippen LogP contribution in [0.25, 0.3) is 5.69 Å². The summed E-state index contributed by atoms with van der Waals surface area (Å²) >= 11 is 12.1. The van der Waals surface area contributed by atoms with Gasteiger partial charge in [0.15, 0.2) is 5.69 Å². The van der Waals surface area contributed by atoms with Gasteiger partial charge in [-0.05, 0) is 36.4 Å². The van der Waals surface area contributed by atoms with Crippen LogP contribution in [0.5, 0.6) is 5.75 Å². The lowest BCUT2D eigenvalue weighted by atomic mass is 10.3. The van der Waals surface area contributed by atoms with E-state index in [9.17, 15) is 4.79 Å². The van der Waals surface area contributed by atoms with Crippen LogP contribution in [-0.2, 0) is 0 Å². The first kappa shape index (κ1) is 16.4. The van der Waals surface area contributed by atoms with Crippen molar-refractivity contribution in [1.82, 2.24) is 9.78 Å². The fourth-order valence-corrected chi connectivity index (χ4v) is 2.52. The third-order valence-electron chi connectivity index (χ3n) is 3.32. The molecule has 0 radical (unpaired) electrons. The molecule has 24 heavy (non-hydrogen) atoms. The Morgan fingerprint density at radius 2 is 2.00 bits per heavy atom. The molecular weight excluding hydrogens is 349 g/mol. The van der Waals surface area contributed by atoms with E-state index in [1.807, 2.05) is 12.1 Å². The molecule has 0 aliphatic rings. The number of anilines is 1. The fraction of sp³-hybridized carbons (Fsp3) is 0.0588. The number of rotatable bonds is 4. The minimum Gasteiger partial charge on any atom is -0.497 e. The van der Waals surface area contributed by atoms with E-state index in [1.165, 1.54) is 0 Å². The van der Waals surface area contributed by atoms with Crippen molar-refractivity contribution in [2.24, 2.45) is 0 Å². The number of hydrogen-bond acceptors (Lipinski definition) is 3. The maximum Gasteiger partial charge on any atom is 0.276 e. The number of benzene rings is 2. The van der Waals surface area contributed by atoms with E-state index in [4.69, 9.17) is 27.9 Å². The van der Waals surface area contributed by atoms with Crippen LogP contribution in [-0.4, -0.2) is 22.8 Å². The number of nitrogens with one attached hydrogen (secondary N) is 1. The van der Waals surface area contributed by atoms with Gasteiger partial charge in [-0.25, -0.2) is 4.68 Å². The highest BCUT2D eigenvalue weighted by molar-refractivity contribution is 6.34. The summed E-state index contributed by atoms with van der Waals surface area (Å²) in [7, 11) is 1.55. The summed E-state index contributed by atoms with van der Waals surface area (Å²) < 4.78 is 6.66. The van der Waals surface area contributed by atoms with Gasteiger partial charge in [-0.2, -0.15) is 5.10 Å². The van der Waals surface area contributed by atoms with E-state index < -0.39 is 0 Å². The van der Waals surface area contributed by atoms with E-state index in [0.29, 0.717) is 21.5 Å². The second-order valence-electron chi connectivity index (χ2n) is 4.93. The van der Waals surface area contributed by atoms with Crippen LogP contribution in [0.15, 0.2) is 54.7 Å². The number of carbonyl (C=O) groups is 1. The number of hydrogen-bond donors (Lipinski definition) is 1. The summed E-state index contributed by atoms with van der Waals surface area (Å²) in [6, 6.07) is 13.8. The molecule has 1 heterocycles. The minimum absolute atomic E-state index is 0.266. The number of nitrogens with zero attached hydrogens (tertiary/aromatic N) is 2. The third kappa shape index (κ3) is 3.53. The van der Waals surface area contributed by atoms with Crippen molar-refractivity contribution in [3.8, 4) is 11.4 Å². The van der Waals surface area contributed by atoms with Crippen LogP contribution >= 0.6 is 23.2 Å². The molecule has 1 N–H and O–H groups in total. The van der Waals surface area contributed by atoms with Crippen molar-refractivity contribution < 1.29 is 9.53 Å². The maximum atomic E-state index is 12.3. The zero-order chi connectivity index (χ0) is 17.1. The van der Waals surface area contributed by atoms with Crippen molar-refractivity contribution in [3.63, 3.8) is 0 Å². The zero-order valence-corrected chi connectivity index (χ0v) is 14.2. The molecule has 0 saturated heterocycles. The molecule has 1 amide bonds. The first-order chi connectivity index (χ1) is 11.6. The quantitative estimate of drug-likeness (QED) is 0.747. The number of carbonyl (C=O) groups excluding carboxylic acids is 1. The summed E-state index contributed by atoms with van der Waals surface area (Å²) in [5.74, 6) is 0.256. The molecule has 0 aliphatic carbocycles. The molecule has 0 fully saturated rings. The average Bonchev–Trinajstić information content (AvgIpc) is 3.07. The molecule has 3 aromatic rings. The predicted octanol–water partition coefficient (Wildman–Crippen LogP) is 4.44. The number of aromatic nitrogens is 2. The Hall–Kier alpha value is -2.50. The van der Waals surface area contributed by atoms with Crippen LogP contribution in [0.4, 0.5) is 5.69 Å². The van der Waals surface area contributed by atoms with Crippen LogP contribution in [0.3, 0.4) is 0 Å². The lowest BCUT2D eigenvalue weighted by Crippen LogP contribution is -2.13. The van der Waals surface area contributed by atoms with Gasteiger partial charge in [0, 0.05) is 17.3 Å². The third-order valence-corrected chi connectivity index (χ3v) is 3.87. The van der Waals surface area contributed by atoms with Gasteiger partial charge in [-0.3, -0.25) is 4.79 Å². The number of amides is 1. The van der Waals surface area contributed by atoms with Crippen LogP contribution < -0.4 is 10.1 Å². The van der Waals surface area contributed by atoms with Crippen LogP contribution in [0.2, 0.25) is 10.0 Å². The first-order valence-corrected chi connectivity index (χ1v) is 7.79. The fourth-order valence-electron chi connectivity index (χ4n) is 2.12. The van der Waals surface area contributed by atoms with E-state index in [1.54, 1.807) is 54.4 Å². The van der Waals surface area contributed by atoms with Gasteiger partial charge in [-0.15, -0.1) is 0 Å². The Bertz CT molecular complexity index is 893. The molecule has 0 spiro atoms.